The zero-order valence-corrected chi connectivity index (χ0v) is 12.4. The van der Waals surface area contributed by atoms with Crippen molar-refractivity contribution in [2.75, 3.05) is 13.1 Å². The highest BCUT2D eigenvalue weighted by Crippen LogP contribution is 2.35. The number of hydrogen-bond donors (Lipinski definition) is 1. The van der Waals surface area contributed by atoms with E-state index in [4.69, 9.17) is 5.73 Å². The highest BCUT2D eigenvalue weighted by Gasteiger charge is 2.33. The van der Waals surface area contributed by atoms with Crippen LogP contribution in [0.5, 0.6) is 0 Å². The lowest BCUT2D eigenvalue weighted by molar-refractivity contribution is 0.111. The van der Waals surface area contributed by atoms with E-state index in [9.17, 15) is 0 Å². The van der Waals surface area contributed by atoms with Crippen molar-refractivity contribution in [1.29, 1.82) is 0 Å². The van der Waals surface area contributed by atoms with Gasteiger partial charge in [0.2, 0.25) is 0 Å². The Balaban J connectivity index is 2.19. The Morgan fingerprint density at radius 3 is 2.53 bits per heavy atom. The van der Waals surface area contributed by atoms with E-state index in [1.54, 1.807) is 0 Å². The van der Waals surface area contributed by atoms with Gasteiger partial charge in [-0.2, -0.15) is 0 Å². The lowest BCUT2D eigenvalue weighted by atomic mass is 9.96. The highest BCUT2D eigenvalue weighted by molar-refractivity contribution is 5.19. The maximum atomic E-state index is 5.97. The van der Waals surface area contributed by atoms with Crippen LogP contribution in [0.1, 0.15) is 51.1 Å². The molecule has 0 aromatic heterocycles. The van der Waals surface area contributed by atoms with Crippen molar-refractivity contribution in [3.8, 4) is 0 Å². The maximum Gasteiger partial charge on any atom is 0.0348 e. The smallest absolute Gasteiger partial charge is 0.0348 e. The van der Waals surface area contributed by atoms with Gasteiger partial charge in [0, 0.05) is 12.1 Å². The Kier molecular flexibility index (Phi) is 5.41. The third kappa shape index (κ3) is 3.18. The van der Waals surface area contributed by atoms with Crippen LogP contribution < -0.4 is 5.73 Å². The molecule has 0 aliphatic heterocycles. The molecule has 1 saturated carbocycles. The quantitative estimate of drug-likeness (QED) is 0.847. The van der Waals surface area contributed by atoms with Crippen LogP contribution in [0, 0.1) is 5.92 Å². The normalized spacial score (nSPS) is 24.8. The number of rotatable bonds is 6. The molecule has 0 bridgehead atoms. The second kappa shape index (κ2) is 7.06. The third-order valence-corrected chi connectivity index (χ3v) is 4.68. The first kappa shape index (κ1) is 14.5. The molecule has 0 radical (unpaired) electrons. The third-order valence-electron chi connectivity index (χ3n) is 4.68. The van der Waals surface area contributed by atoms with Crippen LogP contribution in [0.4, 0.5) is 0 Å². The summed E-state index contributed by atoms with van der Waals surface area (Å²) < 4.78 is 0. The van der Waals surface area contributed by atoms with Gasteiger partial charge in [-0.05, 0) is 43.8 Å². The minimum atomic E-state index is 0.545. The predicted octanol–water partition coefficient (Wildman–Crippen LogP) is 3.59. The molecule has 2 N–H and O–H groups in total. The van der Waals surface area contributed by atoms with Crippen LogP contribution >= 0.6 is 0 Å². The Labute approximate surface area is 118 Å². The number of hydrogen-bond acceptors (Lipinski definition) is 2. The molecule has 1 aliphatic carbocycles. The fourth-order valence-corrected chi connectivity index (χ4v) is 3.75. The minimum absolute atomic E-state index is 0.545. The standard InChI is InChI=1S/C17H28N2/c1-3-16(14-9-6-5-7-10-14)19(4-2)17-12-8-11-15(17)13-18/h5-7,9-10,15-17H,3-4,8,11-13,18H2,1-2H3. The van der Waals surface area contributed by atoms with Gasteiger partial charge in [0.05, 0.1) is 0 Å². The molecule has 1 fully saturated rings. The topological polar surface area (TPSA) is 29.3 Å². The van der Waals surface area contributed by atoms with Crippen molar-refractivity contribution >= 4 is 0 Å². The van der Waals surface area contributed by atoms with E-state index in [0.29, 0.717) is 18.0 Å². The minimum Gasteiger partial charge on any atom is -0.330 e. The highest BCUT2D eigenvalue weighted by atomic mass is 15.2. The fraction of sp³-hybridized carbons (Fsp3) is 0.647. The number of nitrogens with zero attached hydrogens (tertiary/aromatic N) is 1. The molecule has 19 heavy (non-hydrogen) atoms. The van der Waals surface area contributed by atoms with Crippen LogP contribution in [0.3, 0.4) is 0 Å². The number of benzene rings is 1. The molecule has 0 amide bonds. The first-order chi connectivity index (χ1) is 9.31. The molecule has 3 unspecified atom stereocenters. The monoisotopic (exact) mass is 260 g/mol. The lowest BCUT2D eigenvalue weighted by Gasteiger charge is -2.38. The average Bonchev–Trinajstić information content (AvgIpc) is 2.93. The van der Waals surface area contributed by atoms with E-state index in [0.717, 1.165) is 13.1 Å². The molecule has 0 saturated heterocycles. The van der Waals surface area contributed by atoms with Gasteiger partial charge in [-0.1, -0.05) is 50.6 Å². The summed E-state index contributed by atoms with van der Waals surface area (Å²) in [5, 5.41) is 0. The zero-order chi connectivity index (χ0) is 13.7. The second-order valence-electron chi connectivity index (χ2n) is 5.66. The zero-order valence-electron chi connectivity index (χ0n) is 12.4. The van der Waals surface area contributed by atoms with Crippen molar-refractivity contribution in [3.63, 3.8) is 0 Å². The van der Waals surface area contributed by atoms with Gasteiger partial charge in [-0.3, -0.25) is 4.90 Å². The van der Waals surface area contributed by atoms with Crippen molar-refractivity contribution in [2.45, 2.75) is 51.6 Å². The van der Waals surface area contributed by atoms with Gasteiger partial charge in [0.25, 0.3) is 0 Å². The molecule has 3 atom stereocenters. The predicted molar refractivity (Wildman–Crippen MR) is 82.0 cm³/mol. The molecule has 1 aromatic rings. The van der Waals surface area contributed by atoms with Crippen molar-refractivity contribution in [1.82, 2.24) is 4.90 Å². The summed E-state index contributed by atoms with van der Waals surface area (Å²) in [5.41, 5.74) is 7.42. The van der Waals surface area contributed by atoms with E-state index in [1.165, 1.54) is 31.2 Å². The van der Waals surface area contributed by atoms with Crippen molar-refractivity contribution in [2.24, 2.45) is 11.7 Å². The first-order valence-electron chi connectivity index (χ1n) is 7.82. The molecule has 0 spiro atoms. The summed E-state index contributed by atoms with van der Waals surface area (Å²) in [6.45, 7) is 6.55. The van der Waals surface area contributed by atoms with Crippen LogP contribution in [-0.4, -0.2) is 24.0 Å². The molecular formula is C17H28N2. The molecule has 1 aliphatic rings. The van der Waals surface area contributed by atoms with Crippen LogP contribution in [0.15, 0.2) is 30.3 Å². The van der Waals surface area contributed by atoms with Gasteiger partial charge in [-0.25, -0.2) is 0 Å². The van der Waals surface area contributed by atoms with Gasteiger partial charge >= 0.3 is 0 Å². The van der Waals surface area contributed by atoms with Gasteiger partial charge in [0.15, 0.2) is 0 Å². The Morgan fingerprint density at radius 2 is 1.95 bits per heavy atom. The Hall–Kier alpha value is -0.860. The molecule has 2 heteroatoms. The SMILES string of the molecule is CCC(c1ccccc1)N(CC)C1CCCC1CN. The fourth-order valence-electron chi connectivity index (χ4n) is 3.75. The van der Waals surface area contributed by atoms with Gasteiger partial charge in [0.1, 0.15) is 0 Å². The molecule has 0 heterocycles. The lowest BCUT2D eigenvalue weighted by Crippen LogP contribution is -2.42. The van der Waals surface area contributed by atoms with E-state index >= 15 is 0 Å². The summed E-state index contributed by atoms with van der Waals surface area (Å²) in [7, 11) is 0. The van der Waals surface area contributed by atoms with E-state index < -0.39 is 0 Å². The summed E-state index contributed by atoms with van der Waals surface area (Å²) in [5.74, 6) is 0.692. The van der Waals surface area contributed by atoms with Crippen LogP contribution in [-0.2, 0) is 0 Å². The van der Waals surface area contributed by atoms with Crippen molar-refractivity contribution in [3.05, 3.63) is 35.9 Å². The maximum absolute atomic E-state index is 5.97. The average molecular weight is 260 g/mol. The van der Waals surface area contributed by atoms with Gasteiger partial charge in [-0.15, -0.1) is 0 Å². The molecular weight excluding hydrogens is 232 g/mol. The second-order valence-corrected chi connectivity index (χ2v) is 5.66. The molecule has 1 aromatic carbocycles. The summed E-state index contributed by atoms with van der Waals surface area (Å²) in [6, 6.07) is 12.2. The summed E-state index contributed by atoms with van der Waals surface area (Å²) in [4.78, 5) is 2.69. The van der Waals surface area contributed by atoms with E-state index in [1.807, 2.05) is 0 Å². The van der Waals surface area contributed by atoms with E-state index in [-0.39, 0.29) is 0 Å². The number of nitrogens with two attached hydrogens (primary N) is 1. The molecule has 2 nitrogen and oxygen atoms in total. The largest absolute Gasteiger partial charge is 0.330 e. The first-order valence-corrected chi connectivity index (χ1v) is 7.82. The molecule has 106 valence electrons. The van der Waals surface area contributed by atoms with Crippen molar-refractivity contribution < 1.29 is 0 Å². The van der Waals surface area contributed by atoms with Gasteiger partial charge < -0.3 is 5.73 Å². The Morgan fingerprint density at radius 1 is 1.21 bits per heavy atom. The summed E-state index contributed by atoms with van der Waals surface area (Å²) >= 11 is 0. The summed E-state index contributed by atoms with van der Waals surface area (Å²) in [6.07, 6.45) is 5.14. The van der Waals surface area contributed by atoms with Crippen LogP contribution in [0.2, 0.25) is 0 Å². The van der Waals surface area contributed by atoms with E-state index in [2.05, 4.69) is 49.1 Å². The Bertz CT molecular complexity index is 363. The van der Waals surface area contributed by atoms with Crippen LogP contribution in [0.25, 0.3) is 0 Å². The molecule has 2 rings (SSSR count).